The van der Waals surface area contributed by atoms with Gasteiger partial charge in [0.2, 0.25) is 17.8 Å². The number of likely N-dealkylation sites (tertiary alicyclic amines) is 1. The number of nitrogens with zero attached hydrogens (tertiary/aromatic N) is 5. The van der Waals surface area contributed by atoms with E-state index in [9.17, 15) is 4.39 Å². The van der Waals surface area contributed by atoms with Crippen LogP contribution in [0, 0.1) is 11.7 Å². The highest BCUT2D eigenvalue weighted by Crippen LogP contribution is 2.28. The van der Waals surface area contributed by atoms with Gasteiger partial charge in [-0.2, -0.15) is 15.0 Å². The van der Waals surface area contributed by atoms with E-state index in [1.807, 2.05) is 11.9 Å². The molecule has 1 aliphatic carbocycles. The summed E-state index contributed by atoms with van der Waals surface area (Å²) >= 11 is 0. The van der Waals surface area contributed by atoms with Crippen molar-refractivity contribution in [1.82, 2.24) is 19.9 Å². The molecule has 186 valence electrons. The van der Waals surface area contributed by atoms with Gasteiger partial charge < -0.3 is 20.3 Å². The molecule has 1 atom stereocenters. The van der Waals surface area contributed by atoms with Gasteiger partial charge in [-0.25, -0.2) is 4.39 Å². The summed E-state index contributed by atoms with van der Waals surface area (Å²) in [7, 11) is 3.33. The Bertz CT molecular complexity index is 937. The lowest BCUT2D eigenvalue weighted by molar-refractivity contribution is 0.277. The van der Waals surface area contributed by atoms with Crippen LogP contribution >= 0.6 is 0 Å². The Hall–Kier alpha value is -2.68. The van der Waals surface area contributed by atoms with Crippen LogP contribution in [-0.4, -0.2) is 66.2 Å². The molecule has 1 aromatic carbocycles. The van der Waals surface area contributed by atoms with Crippen molar-refractivity contribution in [2.45, 2.75) is 57.9 Å². The number of anilines is 4. The van der Waals surface area contributed by atoms with Crippen molar-refractivity contribution in [1.29, 1.82) is 0 Å². The fourth-order valence-electron chi connectivity index (χ4n) is 5.02. The third-order valence-corrected chi connectivity index (χ3v) is 7.12. The molecular formula is C25H38FN7O. The fraction of sp³-hybridized carbons (Fsp3) is 0.640. The quantitative estimate of drug-likeness (QED) is 0.517. The van der Waals surface area contributed by atoms with E-state index >= 15 is 0 Å². The molecule has 2 heterocycles. The molecule has 34 heavy (non-hydrogen) atoms. The van der Waals surface area contributed by atoms with Crippen LogP contribution in [0.2, 0.25) is 0 Å². The van der Waals surface area contributed by atoms with Gasteiger partial charge in [-0.3, -0.25) is 4.90 Å². The number of ether oxygens (including phenoxy) is 1. The molecule has 1 saturated carbocycles. The summed E-state index contributed by atoms with van der Waals surface area (Å²) in [5.74, 6) is 2.06. The van der Waals surface area contributed by atoms with E-state index in [1.165, 1.54) is 58.1 Å². The number of methoxy groups -OCH3 is 1. The third-order valence-electron chi connectivity index (χ3n) is 7.12. The van der Waals surface area contributed by atoms with Crippen LogP contribution in [0.5, 0.6) is 5.75 Å². The van der Waals surface area contributed by atoms with E-state index in [1.54, 1.807) is 12.1 Å². The van der Waals surface area contributed by atoms with E-state index in [0.29, 0.717) is 29.8 Å². The van der Waals surface area contributed by atoms with Gasteiger partial charge in [0, 0.05) is 37.9 Å². The summed E-state index contributed by atoms with van der Waals surface area (Å²) in [5.41, 5.74) is 0.738. The van der Waals surface area contributed by atoms with Crippen LogP contribution in [0.4, 0.5) is 27.9 Å². The number of likely N-dealkylation sites (N-methyl/N-ethyl adjacent to an activating group) is 1. The Morgan fingerprint density at radius 3 is 2.47 bits per heavy atom. The second-order valence-electron chi connectivity index (χ2n) is 9.35. The molecule has 8 nitrogen and oxygen atoms in total. The Morgan fingerprint density at radius 2 is 1.76 bits per heavy atom. The molecule has 0 bridgehead atoms. The molecule has 1 saturated heterocycles. The Balaban J connectivity index is 1.53. The van der Waals surface area contributed by atoms with E-state index in [2.05, 4.69) is 27.4 Å². The van der Waals surface area contributed by atoms with Gasteiger partial charge in [-0.1, -0.05) is 26.2 Å². The summed E-state index contributed by atoms with van der Waals surface area (Å²) in [6.07, 6.45) is 8.84. The minimum Gasteiger partial charge on any atom is -0.494 e. The minimum atomic E-state index is -0.399. The first kappa shape index (κ1) is 24.4. The molecule has 2 N–H and O–H groups in total. The van der Waals surface area contributed by atoms with Crippen LogP contribution in [0.3, 0.4) is 0 Å². The molecule has 1 aromatic heterocycles. The molecule has 0 spiro atoms. The van der Waals surface area contributed by atoms with E-state index in [4.69, 9.17) is 14.7 Å². The topological polar surface area (TPSA) is 78.4 Å². The number of nitrogens with one attached hydrogen (secondary N) is 2. The average Bonchev–Trinajstić information content (AvgIpc) is 3.34. The summed E-state index contributed by atoms with van der Waals surface area (Å²) in [6.45, 7) is 6.07. The highest BCUT2D eigenvalue weighted by atomic mass is 19.1. The Labute approximate surface area is 202 Å². The smallest absolute Gasteiger partial charge is 0.236 e. The predicted molar refractivity (Wildman–Crippen MR) is 135 cm³/mol. The van der Waals surface area contributed by atoms with Crippen molar-refractivity contribution in [2.24, 2.45) is 5.92 Å². The number of hydrogen-bond acceptors (Lipinski definition) is 8. The second kappa shape index (κ2) is 11.6. The third kappa shape index (κ3) is 6.05. The predicted octanol–water partition coefficient (Wildman–Crippen LogP) is 4.68. The fourth-order valence-corrected chi connectivity index (χ4v) is 5.02. The standard InChI is InChI=1S/C25H38FN7O/c1-4-33-14-8-11-20(33)17-28-24-29-23(27-16-18-9-6-5-7-10-18)30-25(31-24)32(2)19-12-13-21(26)22(15-19)34-3/h12-13,15,18,20H,4-11,14,16-17H2,1-3H3,(H2,27,28,29,30,31). The summed E-state index contributed by atoms with van der Waals surface area (Å²) in [4.78, 5) is 18.4. The molecule has 0 radical (unpaired) electrons. The first-order chi connectivity index (χ1) is 16.6. The minimum absolute atomic E-state index is 0.188. The summed E-state index contributed by atoms with van der Waals surface area (Å²) < 4.78 is 19.1. The largest absolute Gasteiger partial charge is 0.494 e. The van der Waals surface area contributed by atoms with Gasteiger partial charge >= 0.3 is 0 Å². The molecular weight excluding hydrogens is 433 g/mol. The van der Waals surface area contributed by atoms with Crippen molar-refractivity contribution < 1.29 is 9.13 Å². The van der Waals surface area contributed by atoms with Crippen molar-refractivity contribution in [3.63, 3.8) is 0 Å². The Kier molecular flexibility index (Phi) is 8.37. The van der Waals surface area contributed by atoms with Crippen LogP contribution in [-0.2, 0) is 0 Å². The molecule has 0 amide bonds. The maximum Gasteiger partial charge on any atom is 0.236 e. The van der Waals surface area contributed by atoms with Crippen molar-refractivity contribution in [2.75, 3.05) is 55.9 Å². The van der Waals surface area contributed by atoms with Gasteiger partial charge in [-0.15, -0.1) is 0 Å². The zero-order valence-electron chi connectivity index (χ0n) is 20.7. The van der Waals surface area contributed by atoms with Gasteiger partial charge in [-0.05, 0) is 56.8 Å². The summed E-state index contributed by atoms with van der Waals surface area (Å²) in [5, 5.41) is 6.91. The summed E-state index contributed by atoms with van der Waals surface area (Å²) in [6, 6.07) is 5.23. The van der Waals surface area contributed by atoms with Crippen LogP contribution in [0.1, 0.15) is 51.9 Å². The average molecular weight is 472 g/mol. The zero-order chi connectivity index (χ0) is 23.9. The molecule has 2 aromatic rings. The van der Waals surface area contributed by atoms with E-state index in [-0.39, 0.29) is 5.75 Å². The maximum absolute atomic E-state index is 13.9. The van der Waals surface area contributed by atoms with Gasteiger partial charge in [0.25, 0.3) is 0 Å². The number of rotatable bonds is 10. The molecule has 2 aliphatic rings. The zero-order valence-corrected chi connectivity index (χ0v) is 20.7. The lowest BCUT2D eigenvalue weighted by Gasteiger charge is -2.24. The molecule has 4 rings (SSSR count). The maximum atomic E-state index is 13.9. The first-order valence-electron chi connectivity index (χ1n) is 12.6. The number of aromatic nitrogens is 3. The van der Waals surface area contributed by atoms with E-state index in [0.717, 1.165) is 31.9 Å². The van der Waals surface area contributed by atoms with Crippen molar-refractivity contribution in [3.05, 3.63) is 24.0 Å². The van der Waals surface area contributed by atoms with Gasteiger partial charge in [0.15, 0.2) is 11.6 Å². The van der Waals surface area contributed by atoms with Gasteiger partial charge in [0.1, 0.15) is 0 Å². The molecule has 1 aliphatic heterocycles. The lowest BCUT2D eigenvalue weighted by atomic mass is 9.89. The Morgan fingerprint density at radius 1 is 1.03 bits per heavy atom. The lowest BCUT2D eigenvalue weighted by Crippen LogP contribution is -2.35. The van der Waals surface area contributed by atoms with Crippen molar-refractivity contribution in [3.8, 4) is 5.75 Å². The first-order valence-corrected chi connectivity index (χ1v) is 12.6. The van der Waals surface area contributed by atoms with Crippen LogP contribution < -0.4 is 20.3 Å². The van der Waals surface area contributed by atoms with Crippen LogP contribution in [0.25, 0.3) is 0 Å². The van der Waals surface area contributed by atoms with Gasteiger partial charge in [0.05, 0.1) is 7.11 Å². The molecule has 1 unspecified atom stereocenters. The highest BCUT2D eigenvalue weighted by Gasteiger charge is 2.23. The number of hydrogen-bond donors (Lipinski definition) is 2. The van der Waals surface area contributed by atoms with E-state index < -0.39 is 5.82 Å². The highest BCUT2D eigenvalue weighted by molar-refractivity contribution is 5.60. The number of halogens is 1. The molecule has 2 fully saturated rings. The van der Waals surface area contributed by atoms with Crippen molar-refractivity contribution >= 4 is 23.5 Å². The second-order valence-corrected chi connectivity index (χ2v) is 9.35. The monoisotopic (exact) mass is 471 g/mol. The number of benzene rings is 1. The molecule has 9 heteroatoms. The van der Waals surface area contributed by atoms with Crippen LogP contribution in [0.15, 0.2) is 18.2 Å². The SMILES string of the molecule is CCN1CCCC1CNc1nc(NCC2CCCCC2)nc(N(C)c2ccc(F)c(OC)c2)n1. The normalized spacial score (nSPS) is 19.2.